The predicted molar refractivity (Wildman–Crippen MR) is 74.1 cm³/mol. The standard InChI is InChI=1S/C16H18N2O2/c17-9-12-3-1-2-4-14(12)20-10-15(19)18-11-16(7-8-16)13-5-6-13/h1-4,13H,5-8,10-11H2,(H,18,19). The topological polar surface area (TPSA) is 62.1 Å². The van der Waals surface area contributed by atoms with Crippen molar-refractivity contribution in [3.05, 3.63) is 29.8 Å². The van der Waals surface area contributed by atoms with E-state index in [0.29, 0.717) is 16.7 Å². The van der Waals surface area contributed by atoms with Crippen molar-refractivity contribution in [2.45, 2.75) is 25.7 Å². The van der Waals surface area contributed by atoms with E-state index in [0.717, 1.165) is 12.5 Å². The second-order valence-corrected chi connectivity index (χ2v) is 5.81. The van der Waals surface area contributed by atoms with Gasteiger partial charge in [0.15, 0.2) is 6.61 Å². The highest BCUT2D eigenvalue weighted by Gasteiger charge is 2.53. The molecule has 2 saturated carbocycles. The number of carbonyl (C=O) groups is 1. The first-order chi connectivity index (χ1) is 9.73. The summed E-state index contributed by atoms with van der Waals surface area (Å²) >= 11 is 0. The van der Waals surface area contributed by atoms with Crippen LogP contribution in [0.2, 0.25) is 0 Å². The van der Waals surface area contributed by atoms with E-state index in [4.69, 9.17) is 10.00 Å². The Balaban J connectivity index is 1.46. The Bertz CT molecular complexity index is 554. The van der Waals surface area contributed by atoms with Crippen LogP contribution >= 0.6 is 0 Å². The fourth-order valence-corrected chi connectivity index (χ4v) is 2.74. The van der Waals surface area contributed by atoms with E-state index in [2.05, 4.69) is 11.4 Å². The molecule has 1 aromatic carbocycles. The molecular weight excluding hydrogens is 252 g/mol. The van der Waals surface area contributed by atoms with Crippen LogP contribution in [0.5, 0.6) is 5.75 Å². The Labute approximate surface area is 118 Å². The number of rotatable bonds is 6. The molecule has 2 aliphatic rings. The van der Waals surface area contributed by atoms with E-state index in [-0.39, 0.29) is 12.5 Å². The van der Waals surface area contributed by atoms with Gasteiger partial charge in [0.25, 0.3) is 5.91 Å². The summed E-state index contributed by atoms with van der Waals surface area (Å²) in [5.74, 6) is 1.20. The van der Waals surface area contributed by atoms with Gasteiger partial charge in [0.05, 0.1) is 5.56 Å². The number of hydrogen-bond donors (Lipinski definition) is 1. The number of nitriles is 1. The SMILES string of the molecule is N#Cc1ccccc1OCC(=O)NCC1(C2CC2)CC1. The van der Waals surface area contributed by atoms with Gasteiger partial charge in [-0.1, -0.05) is 12.1 Å². The van der Waals surface area contributed by atoms with Crippen LogP contribution in [0.3, 0.4) is 0 Å². The van der Waals surface area contributed by atoms with Crippen molar-refractivity contribution in [3.8, 4) is 11.8 Å². The van der Waals surface area contributed by atoms with Gasteiger partial charge in [0.1, 0.15) is 11.8 Å². The molecule has 1 N–H and O–H groups in total. The molecule has 4 nitrogen and oxygen atoms in total. The Hall–Kier alpha value is -2.02. The van der Waals surface area contributed by atoms with E-state index in [1.54, 1.807) is 24.3 Å². The van der Waals surface area contributed by atoms with Gasteiger partial charge in [-0.25, -0.2) is 0 Å². The maximum absolute atomic E-state index is 11.8. The molecule has 4 heteroatoms. The molecule has 2 aliphatic carbocycles. The molecule has 0 spiro atoms. The minimum absolute atomic E-state index is 0.0283. The molecule has 0 atom stereocenters. The number of carbonyl (C=O) groups excluding carboxylic acids is 1. The average molecular weight is 270 g/mol. The lowest BCUT2D eigenvalue weighted by atomic mass is 10.0. The van der Waals surface area contributed by atoms with Gasteiger partial charge >= 0.3 is 0 Å². The lowest BCUT2D eigenvalue weighted by Crippen LogP contribution is -2.34. The second kappa shape index (κ2) is 5.16. The Kier molecular flexibility index (Phi) is 3.35. The summed E-state index contributed by atoms with van der Waals surface area (Å²) in [5.41, 5.74) is 0.859. The van der Waals surface area contributed by atoms with Gasteiger partial charge in [0.2, 0.25) is 0 Å². The van der Waals surface area contributed by atoms with Crippen LogP contribution in [0.25, 0.3) is 0 Å². The molecule has 1 amide bonds. The van der Waals surface area contributed by atoms with Crippen LogP contribution in [0.15, 0.2) is 24.3 Å². The van der Waals surface area contributed by atoms with E-state index in [9.17, 15) is 4.79 Å². The van der Waals surface area contributed by atoms with Crippen molar-refractivity contribution in [3.63, 3.8) is 0 Å². The molecule has 3 rings (SSSR count). The van der Waals surface area contributed by atoms with Crippen LogP contribution in [0, 0.1) is 22.7 Å². The maximum Gasteiger partial charge on any atom is 0.257 e. The molecule has 2 fully saturated rings. The minimum Gasteiger partial charge on any atom is -0.482 e. The van der Waals surface area contributed by atoms with Crippen molar-refractivity contribution in [2.24, 2.45) is 11.3 Å². The molecule has 0 heterocycles. The highest BCUT2D eigenvalue weighted by molar-refractivity contribution is 5.77. The number of benzene rings is 1. The number of para-hydroxylation sites is 1. The molecule has 1 aromatic rings. The number of hydrogen-bond acceptors (Lipinski definition) is 3. The highest BCUT2D eigenvalue weighted by atomic mass is 16.5. The molecule has 0 radical (unpaired) electrons. The number of nitrogens with zero attached hydrogens (tertiary/aromatic N) is 1. The third kappa shape index (κ3) is 2.77. The monoisotopic (exact) mass is 270 g/mol. The molecule has 0 aromatic heterocycles. The third-order valence-electron chi connectivity index (χ3n) is 4.34. The first kappa shape index (κ1) is 13.0. The fraction of sp³-hybridized carbons (Fsp3) is 0.500. The normalized spacial score (nSPS) is 18.9. The van der Waals surface area contributed by atoms with Gasteiger partial charge in [-0.05, 0) is 49.1 Å². The molecule has 0 aliphatic heterocycles. The van der Waals surface area contributed by atoms with Crippen LogP contribution in [-0.2, 0) is 4.79 Å². The van der Waals surface area contributed by atoms with Crippen LogP contribution < -0.4 is 10.1 Å². The fourth-order valence-electron chi connectivity index (χ4n) is 2.74. The lowest BCUT2D eigenvalue weighted by Gasteiger charge is -2.15. The smallest absolute Gasteiger partial charge is 0.257 e. The quantitative estimate of drug-likeness (QED) is 0.862. The van der Waals surface area contributed by atoms with Crippen LogP contribution in [0.4, 0.5) is 0 Å². The average Bonchev–Trinajstić information content (AvgIpc) is 3.35. The minimum atomic E-state index is -0.107. The van der Waals surface area contributed by atoms with Gasteiger partial charge in [-0.3, -0.25) is 4.79 Å². The molecule has 20 heavy (non-hydrogen) atoms. The predicted octanol–water partition coefficient (Wildman–Crippen LogP) is 2.24. The van der Waals surface area contributed by atoms with Gasteiger partial charge in [-0.2, -0.15) is 5.26 Å². The van der Waals surface area contributed by atoms with Crippen molar-refractivity contribution >= 4 is 5.91 Å². The van der Waals surface area contributed by atoms with Crippen LogP contribution in [0.1, 0.15) is 31.2 Å². The third-order valence-corrected chi connectivity index (χ3v) is 4.34. The first-order valence-electron chi connectivity index (χ1n) is 7.12. The number of nitrogens with one attached hydrogen (secondary N) is 1. The molecular formula is C16H18N2O2. The van der Waals surface area contributed by atoms with Crippen molar-refractivity contribution in [1.29, 1.82) is 5.26 Å². The maximum atomic E-state index is 11.8. The summed E-state index contributed by atoms with van der Waals surface area (Å²) in [6, 6.07) is 9.01. The highest BCUT2D eigenvalue weighted by Crippen LogP contribution is 2.60. The number of amides is 1. The van der Waals surface area contributed by atoms with Gasteiger partial charge in [0, 0.05) is 6.54 Å². The van der Waals surface area contributed by atoms with Crippen molar-refractivity contribution in [1.82, 2.24) is 5.32 Å². The summed E-state index contributed by atoms with van der Waals surface area (Å²) in [6.07, 6.45) is 5.13. The molecule has 0 saturated heterocycles. The largest absolute Gasteiger partial charge is 0.482 e. The molecule has 0 unspecified atom stereocenters. The van der Waals surface area contributed by atoms with Crippen molar-refractivity contribution in [2.75, 3.05) is 13.2 Å². The summed E-state index contributed by atoms with van der Waals surface area (Å²) in [7, 11) is 0. The zero-order valence-electron chi connectivity index (χ0n) is 11.4. The van der Waals surface area contributed by atoms with E-state index >= 15 is 0 Å². The molecule has 0 bridgehead atoms. The Morgan fingerprint density at radius 3 is 2.80 bits per heavy atom. The Morgan fingerprint density at radius 2 is 2.15 bits per heavy atom. The second-order valence-electron chi connectivity index (χ2n) is 5.81. The molecule has 104 valence electrons. The van der Waals surface area contributed by atoms with Gasteiger partial charge in [-0.15, -0.1) is 0 Å². The lowest BCUT2D eigenvalue weighted by molar-refractivity contribution is -0.123. The zero-order valence-corrected chi connectivity index (χ0v) is 11.4. The Morgan fingerprint density at radius 1 is 1.40 bits per heavy atom. The summed E-state index contributed by atoms with van der Waals surface area (Å²) < 4.78 is 5.42. The summed E-state index contributed by atoms with van der Waals surface area (Å²) in [4.78, 5) is 11.8. The van der Waals surface area contributed by atoms with Crippen molar-refractivity contribution < 1.29 is 9.53 Å². The summed E-state index contributed by atoms with van der Waals surface area (Å²) in [5, 5.41) is 11.9. The summed E-state index contributed by atoms with van der Waals surface area (Å²) in [6.45, 7) is 0.749. The van der Waals surface area contributed by atoms with E-state index in [1.807, 2.05) is 0 Å². The van der Waals surface area contributed by atoms with Crippen LogP contribution in [-0.4, -0.2) is 19.1 Å². The van der Waals surface area contributed by atoms with E-state index in [1.165, 1.54) is 25.7 Å². The van der Waals surface area contributed by atoms with E-state index < -0.39 is 0 Å². The number of ether oxygens (including phenoxy) is 1. The first-order valence-corrected chi connectivity index (χ1v) is 7.12. The van der Waals surface area contributed by atoms with Gasteiger partial charge < -0.3 is 10.1 Å². The zero-order chi connectivity index (χ0) is 14.0.